The van der Waals surface area contributed by atoms with Gasteiger partial charge in [0.05, 0.1) is 6.04 Å². The van der Waals surface area contributed by atoms with E-state index in [1.807, 2.05) is 0 Å². The number of hydrogen-bond acceptors (Lipinski definition) is 7. The summed E-state index contributed by atoms with van der Waals surface area (Å²) < 4.78 is 40.8. The second-order valence-corrected chi connectivity index (χ2v) is 7.02. The number of hydrogen-bond donors (Lipinski definition) is 1. The Balaban J connectivity index is 1.70. The fourth-order valence-electron chi connectivity index (χ4n) is 3.48. The molecule has 3 heterocycles. The normalized spacial score (nSPS) is 29.5. The molecule has 2 unspecified atom stereocenters. The molecule has 120 valence electrons. The first-order chi connectivity index (χ1) is 10.3. The molecule has 4 rings (SSSR count). The van der Waals surface area contributed by atoms with E-state index in [-0.39, 0.29) is 5.41 Å². The minimum Gasteiger partial charge on any atom is -0.423 e. The number of nitrogens with zero attached hydrogens (tertiary/aromatic N) is 4. The van der Waals surface area contributed by atoms with Gasteiger partial charge in [-0.2, -0.15) is 13.5 Å². The Hall–Kier alpha value is -1.72. The molecule has 2 atom stereocenters. The standard InChI is InChI=1S/C11H14N4O6S/c1-6-12-13-9(20-6)7-4-11(2-3-11)8-5-14(7)10(16)15(8)21-22(17,18)19/h7-8H,2-5H2,1H3,(H,17,18,19). The number of fused-ring (bicyclic) bond motifs is 3. The number of rotatable bonds is 3. The molecular weight excluding hydrogens is 316 g/mol. The SMILES string of the molecule is Cc1nnc(C2CC3(CC3)C3CN2C(=O)N3OS(=O)(=O)O)o1. The highest BCUT2D eigenvalue weighted by Gasteiger charge is 2.64. The molecule has 11 heteroatoms. The molecule has 1 aromatic heterocycles. The summed E-state index contributed by atoms with van der Waals surface area (Å²) in [5, 5.41) is 8.53. The summed E-state index contributed by atoms with van der Waals surface area (Å²) >= 11 is 0. The highest BCUT2D eigenvalue weighted by Crippen LogP contribution is 2.61. The third kappa shape index (κ3) is 2.00. The second-order valence-electron chi connectivity index (χ2n) is 6.02. The van der Waals surface area contributed by atoms with E-state index in [2.05, 4.69) is 14.5 Å². The third-order valence-electron chi connectivity index (χ3n) is 4.66. The van der Waals surface area contributed by atoms with E-state index in [0.717, 1.165) is 17.9 Å². The van der Waals surface area contributed by atoms with Gasteiger partial charge < -0.3 is 9.32 Å². The Labute approximate surface area is 125 Å². The molecule has 2 bridgehead atoms. The first kappa shape index (κ1) is 13.9. The molecule has 22 heavy (non-hydrogen) atoms. The van der Waals surface area contributed by atoms with Crippen LogP contribution in [0.2, 0.25) is 0 Å². The topological polar surface area (TPSA) is 126 Å². The highest BCUT2D eigenvalue weighted by molar-refractivity contribution is 7.80. The largest absolute Gasteiger partial charge is 0.423 e. The van der Waals surface area contributed by atoms with E-state index in [1.54, 1.807) is 6.92 Å². The molecule has 1 aromatic rings. The lowest BCUT2D eigenvalue weighted by atomic mass is 9.85. The summed E-state index contributed by atoms with van der Waals surface area (Å²) in [4.78, 5) is 13.9. The van der Waals surface area contributed by atoms with Crippen molar-refractivity contribution >= 4 is 16.4 Å². The fraction of sp³-hybridized carbons (Fsp3) is 0.727. The van der Waals surface area contributed by atoms with Crippen LogP contribution in [0.4, 0.5) is 4.79 Å². The summed E-state index contributed by atoms with van der Waals surface area (Å²) in [6.45, 7) is 1.97. The number of aromatic nitrogens is 2. The van der Waals surface area contributed by atoms with Crippen molar-refractivity contribution in [3.8, 4) is 0 Å². The quantitative estimate of drug-likeness (QED) is 0.791. The van der Waals surface area contributed by atoms with Crippen molar-refractivity contribution in [1.29, 1.82) is 0 Å². The summed E-state index contributed by atoms with van der Waals surface area (Å²) in [7, 11) is -4.75. The molecule has 1 spiro atoms. The molecular formula is C11H14N4O6S. The minimum absolute atomic E-state index is 0.222. The van der Waals surface area contributed by atoms with Crippen molar-refractivity contribution in [2.75, 3.05) is 6.54 Å². The van der Waals surface area contributed by atoms with Gasteiger partial charge in [-0.3, -0.25) is 4.55 Å². The van der Waals surface area contributed by atoms with Crippen molar-refractivity contribution in [2.24, 2.45) is 5.41 Å². The number of urea groups is 1. The molecule has 3 fully saturated rings. The number of amides is 2. The van der Waals surface area contributed by atoms with E-state index < -0.39 is 28.5 Å². The van der Waals surface area contributed by atoms with E-state index in [9.17, 15) is 13.2 Å². The highest BCUT2D eigenvalue weighted by atomic mass is 32.3. The Morgan fingerprint density at radius 2 is 2.14 bits per heavy atom. The zero-order valence-electron chi connectivity index (χ0n) is 11.7. The number of carbonyl (C=O) groups is 1. The lowest BCUT2D eigenvalue weighted by Gasteiger charge is -2.34. The lowest BCUT2D eigenvalue weighted by molar-refractivity contribution is -0.0530. The van der Waals surface area contributed by atoms with Crippen LogP contribution in [0.5, 0.6) is 0 Å². The van der Waals surface area contributed by atoms with Gasteiger partial charge in [-0.1, -0.05) is 0 Å². The van der Waals surface area contributed by atoms with Gasteiger partial charge in [0.1, 0.15) is 6.04 Å². The van der Waals surface area contributed by atoms with E-state index >= 15 is 0 Å². The van der Waals surface area contributed by atoms with Gasteiger partial charge in [0.2, 0.25) is 11.8 Å². The monoisotopic (exact) mass is 330 g/mol. The molecule has 1 N–H and O–H groups in total. The molecule has 0 aromatic carbocycles. The van der Waals surface area contributed by atoms with Gasteiger partial charge in [-0.25, -0.2) is 4.79 Å². The number of aryl methyl sites for hydroxylation is 1. The first-order valence-electron chi connectivity index (χ1n) is 6.86. The molecule has 1 aliphatic carbocycles. The van der Waals surface area contributed by atoms with E-state index in [0.29, 0.717) is 24.7 Å². The molecule has 0 radical (unpaired) electrons. The van der Waals surface area contributed by atoms with Crippen LogP contribution in [0.3, 0.4) is 0 Å². The predicted octanol–water partition coefficient (Wildman–Crippen LogP) is 0.444. The average Bonchev–Trinajstić information content (AvgIpc) is 2.96. The maximum Gasteiger partial charge on any atom is 0.418 e. The predicted molar refractivity (Wildman–Crippen MR) is 68.4 cm³/mol. The second kappa shape index (κ2) is 4.18. The minimum atomic E-state index is -4.75. The maximum absolute atomic E-state index is 12.4. The first-order valence-corrected chi connectivity index (χ1v) is 8.22. The zero-order chi connectivity index (χ0) is 15.7. The van der Waals surface area contributed by atoms with Crippen molar-refractivity contribution in [2.45, 2.75) is 38.3 Å². The summed E-state index contributed by atoms with van der Waals surface area (Å²) in [5.74, 6) is 0.740. The van der Waals surface area contributed by atoms with Crippen LogP contribution in [0.1, 0.15) is 37.1 Å². The maximum atomic E-state index is 12.4. The Morgan fingerprint density at radius 1 is 1.41 bits per heavy atom. The molecule has 2 amide bonds. The van der Waals surface area contributed by atoms with Crippen molar-refractivity contribution in [1.82, 2.24) is 20.2 Å². The molecule has 1 saturated carbocycles. The van der Waals surface area contributed by atoms with Crippen LogP contribution in [-0.4, -0.2) is 51.7 Å². The Kier molecular flexibility index (Phi) is 2.64. The summed E-state index contributed by atoms with van der Waals surface area (Å²) in [6.07, 6.45) is 2.32. The third-order valence-corrected chi connectivity index (χ3v) is 5.01. The smallest absolute Gasteiger partial charge is 0.418 e. The van der Waals surface area contributed by atoms with Crippen molar-refractivity contribution in [3.05, 3.63) is 11.8 Å². The number of hydroxylamine groups is 2. The molecule has 2 aliphatic heterocycles. The van der Waals surface area contributed by atoms with Crippen molar-refractivity contribution < 1.29 is 26.5 Å². The zero-order valence-corrected chi connectivity index (χ0v) is 12.5. The number of carbonyl (C=O) groups excluding carboxylic acids is 1. The van der Waals surface area contributed by atoms with Gasteiger partial charge in [0, 0.05) is 13.5 Å². The van der Waals surface area contributed by atoms with E-state index in [4.69, 9.17) is 8.97 Å². The van der Waals surface area contributed by atoms with Crippen LogP contribution in [-0.2, 0) is 14.7 Å². The van der Waals surface area contributed by atoms with Crippen LogP contribution >= 0.6 is 0 Å². The van der Waals surface area contributed by atoms with Crippen molar-refractivity contribution in [3.63, 3.8) is 0 Å². The summed E-state index contributed by atoms with van der Waals surface area (Å²) in [6, 6.07) is -1.42. The van der Waals surface area contributed by atoms with Gasteiger partial charge in [0.25, 0.3) is 0 Å². The van der Waals surface area contributed by atoms with Crippen LogP contribution in [0.25, 0.3) is 0 Å². The number of piperidine rings is 1. The van der Waals surface area contributed by atoms with Gasteiger partial charge >= 0.3 is 16.4 Å². The van der Waals surface area contributed by atoms with Crippen LogP contribution in [0.15, 0.2) is 4.42 Å². The Bertz CT molecular complexity index is 742. The van der Waals surface area contributed by atoms with E-state index in [1.165, 1.54) is 4.90 Å². The fourth-order valence-corrected chi connectivity index (χ4v) is 3.85. The lowest BCUT2D eigenvalue weighted by Crippen LogP contribution is -2.43. The molecule has 3 aliphatic rings. The molecule has 10 nitrogen and oxygen atoms in total. The average molecular weight is 330 g/mol. The summed E-state index contributed by atoms with van der Waals surface area (Å²) in [5.41, 5.74) is -0.222. The van der Waals surface area contributed by atoms with Gasteiger partial charge in [0.15, 0.2) is 0 Å². The van der Waals surface area contributed by atoms with Crippen LogP contribution < -0.4 is 0 Å². The van der Waals surface area contributed by atoms with Gasteiger partial charge in [-0.15, -0.1) is 14.5 Å². The Morgan fingerprint density at radius 3 is 2.68 bits per heavy atom. The molecule has 2 saturated heterocycles. The van der Waals surface area contributed by atoms with Crippen LogP contribution in [0, 0.1) is 12.3 Å². The van der Waals surface area contributed by atoms with Gasteiger partial charge in [-0.05, 0) is 24.7 Å².